The van der Waals surface area contributed by atoms with E-state index in [1.165, 1.54) is 0 Å². The van der Waals surface area contributed by atoms with Crippen LogP contribution in [-0.4, -0.2) is 22.2 Å². The van der Waals surface area contributed by atoms with Crippen LogP contribution < -0.4 is 5.32 Å². The molecular weight excluding hydrogens is 166 g/mol. The highest BCUT2D eigenvalue weighted by Gasteiger charge is 2.27. The van der Waals surface area contributed by atoms with E-state index in [1.54, 1.807) is 12.3 Å². The molecule has 4 nitrogen and oxygen atoms in total. The van der Waals surface area contributed by atoms with E-state index in [9.17, 15) is 4.79 Å². The highest BCUT2D eigenvalue weighted by atomic mass is 16.2. The smallest absolute Gasteiger partial charge is 0.269 e. The minimum Gasteiger partial charge on any atom is -0.351 e. The molecule has 1 saturated carbocycles. The number of rotatable bonds is 3. The van der Waals surface area contributed by atoms with E-state index in [2.05, 4.69) is 10.4 Å². The van der Waals surface area contributed by atoms with E-state index in [0.717, 1.165) is 12.8 Å². The van der Waals surface area contributed by atoms with Gasteiger partial charge in [0.2, 0.25) is 0 Å². The molecule has 0 saturated heterocycles. The zero-order valence-electron chi connectivity index (χ0n) is 7.66. The second kappa shape index (κ2) is 3.20. The van der Waals surface area contributed by atoms with Gasteiger partial charge in [0.1, 0.15) is 5.69 Å². The minimum absolute atomic E-state index is 0.0214. The fourth-order valence-corrected chi connectivity index (χ4v) is 1.36. The summed E-state index contributed by atoms with van der Waals surface area (Å²) in [5.74, 6) is -0.0214. The van der Waals surface area contributed by atoms with E-state index in [4.69, 9.17) is 0 Å². The summed E-state index contributed by atoms with van der Waals surface area (Å²) < 4.78 is 1.82. The Morgan fingerprint density at radius 2 is 2.54 bits per heavy atom. The average molecular weight is 179 g/mol. The van der Waals surface area contributed by atoms with Crippen molar-refractivity contribution in [1.29, 1.82) is 0 Å². The van der Waals surface area contributed by atoms with Crippen molar-refractivity contribution in [3.63, 3.8) is 0 Å². The lowest BCUT2D eigenvalue weighted by atomic mass is 10.4. The Kier molecular flexibility index (Phi) is 2.04. The van der Waals surface area contributed by atoms with E-state index >= 15 is 0 Å². The van der Waals surface area contributed by atoms with Crippen molar-refractivity contribution in [3.05, 3.63) is 18.0 Å². The molecule has 2 rings (SSSR count). The lowest BCUT2D eigenvalue weighted by Crippen LogP contribution is -2.25. The summed E-state index contributed by atoms with van der Waals surface area (Å²) in [6.45, 7) is 2.57. The first-order valence-electron chi connectivity index (χ1n) is 4.64. The van der Waals surface area contributed by atoms with Crippen molar-refractivity contribution in [2.75, 3.05) is 6.54 Å². The van der Waals surface area contributed by atoms with E-state index in [1.807, 2.05) is 11.6 Å². The predicted molar refractivity (Wildman–Crippen MR) is 48.5 cm³/mol. The lowest BCUT2D eigenvalue weighted by Gasteiger charge is -2.04. The van der Waals surface area contributed by atoms with Crippen molar-refractivity contribution < 1.29 is 4.79 Å². The number of nitrogens with zero attached hydrogens (tertiary/aromatic N) is 2. The third-order valence-corrected chi connectivity index (χ3v) is 2.13. The van der Waals surface area contributed by atoms with Crippen molar-refractivity contribution >= 4 is 5.91 Å². The van der Waals surface area contributed by atoms with Crippen molar-refractivity contribution in [1.82, 2.24) is 15.1 Å². The number of nitrogens with one attached hydrogen (secondary N) is 1. The third-order valence-electron chi connectivity index (χ3n) is 2.13. The predicted octanol–water partition coefficient (Wildman–Crippen LogP) is 0.968. The summed E-state index contributed by atoms with van der Waals surface area (Å²) >= 11 is 0. The maximum atomic E-state index is 11.5. The van der Waals surface area contributed by atoms with Gasteiger partial charge in [0, 0.05) is 12.7 Å². The molecule has 1 aromatic heterocycles. The zero-order valence-corrected chi connectivity index (χ0v) is 7.66. The highest BCUT2D eigenvalue weighted by Crippen LogP contribution is 2.34. The first kappa shape index (κ1) is 8.29. The van der Waals surface area contributed by atoms with Crippen molar-refractivity contribution in [2.24, 2.45) is 0 Å². The zero-order chi connectivity index (χ0) is 9.26. The Morgan fingerprint density at radius 1 is 1.77 bits per heavy atom. The van der Waals surface area contributed by atoms with Crippen LogP contribution in [0.15, 0.2) is 12.3 Å². The molecule has 0 bridgehead atoms. The van der Waals surface area contributed by atoms with Gasteiger partial charge in [0.05, 0.1) is 6.04 Å². The van der Waals surface area contributed by atoms with Crippen LogP contribution in [0.25, 0.3) is 0 Å². The van der Waals surface area contributed by atoms with Crippen LogP contribution in [0.4, 0.5) is 0 Å². The van der Waals surface area contributed by atoms with E-state index in [0.29, 0.717) is 18.3 Å². The molecular formula is C9H13N3O. The third kappa shape index (κ3) is 1.56. The lowest BCUT2D eigenvalue weighted by molar-refractivity contribution is 0.0945. The molecule has 1 aliphatic carbocycles. The van der Waals surface area contributed by atoms with Crippen molar-refractivity contribution in [3.8, 4) is 0 Å². The Bertz CT molecular complexity index is 314. The molecule has 1 heterocycles. The summed E-state index contributed by atoms with van der Waals surface area (Å²) in [6, 6.07) is 2.23. The molecule has 1 aliphatic rings. The standard InChI is InChI=1S/C9H13N3O/c1-2-10-9(13)8-5-6-11-12(8)7-3-4-7/h5-7H,2-4H2,1H3,(H,10,13). The molecule has 1 fully saturated rings. The van der Waals surface area contributed by atoms with E-state index < -0.39 is 0 Å². The quantitative estimate of drug-likeness (QED) is 0.751. The van der Waals surface area contributed by atoms with E-state index in [-0.39, 0.29) is 5.91 Å². The van der Waals surface area contributed by atoms with Gasteiger partial charge in [-0.05, 0) is 25.8 Å². The van der Waals surface area contributed by atoms with Crippen LogP contribution >= 0.6 is 0 Å². The van der Waals surface area contributed by atoms with Gasteiger partial charge in [-0.1, -0.05) is 0 Å². The van der Waals surface area contributed by atoms with Gasteiger partial charge in [-0.2, -0.15) is 5.10 Å². The number of carbonyl (C=O) groups is 1. The maximum absolute atomic E-state index is 11.5. The second-order valence-corrected chi connectivity index (χ2v) is 3.25. The van der Waals surface area contributed by atoms with Gasteiger partial charge < -0.3 is 5.32 Å². The minimum atomic E-state index is -0.0214. The Hall–Kier alpha value is -1.32. The van der Waals surface area contributed by atoms with Crippen LogP contribution in [0, 0.1) is 0 Å². The number of carbonyl (C=O) groups excluding carboxylic acids is 1. The summed E-state index contributed by atoms with van der Waals surface area (Å²) in [7, 11) is 0. The van der Waals surface area contributed by atoms with Crippen LogP contribution in [0.1, 0.15) is 36.3 Å². The SMILES string of the molecule is CCNC(=O)c1ccnn1C1CC1. The molecule has 0 spiro atoms. The normalized spacial score (nSPS) is 15.8. The van der Waals surface area contributed by atoms with Crippen LogP contribution in [0.5, 0.6) is 0 Å². The maximum Gasteiger partial charge on any atom is 0.269 e. The Balaban J connectivity index is 2.18. The average Bonchev–Trinajstić information content (AvgIpc) is 2.84. The van der Waals surface area contributed by atoms with Gasteiger partial charge in [0.25, 0.3) is 5.91 Å². The highest BCUT2D eigenvalue weighted by molar-refractivity contribution is 5.92. The number of aromatic nitrogens is 2. The number of hydrogen-bond donors (Lipinski definition) is 1. The van der Waals surface area contributed by atoms with Gasteiger partial charge in [-0.15, -0.1) is 0 Å². The van der Waals surface area contributed by atoms with Gasteiger partial charge in [-0.3, -0.25) is 9.48 Å². The first-order chi connectivity index (χ1) is 6.33. The molecule has 70 valence electrons. The molecule has 13 heavy (non-hydrogen) atoms. The van der Waals surface area contributed by atoms with Crippen LogP contribution in [0.3, 0.4) is 0 Å². The van der Waals surface area contributed by atoms with Gasteiger partial charge >= 0.3 is 0 Å². The molecule has 0 unspecified atom stereocenters. The van der Waals surface area contributed by atoms with Crippen LogP contribution in [-0.2, 0) is 0 Å². The van der Waals surface area contributed by atoms with Gasteiger partial charge in [0.15, 0.2) is 0 Å². The molecule has 1 amide bonds. The molecule has 0 atom stereocenters. The summed E-state index contributed by atoms with van der Waals surface area (Å²) in [4.78, 5) is 11.5. The summed E-state index contributed by atoms with van der Waals surface area (Å²) in [5, 5.41) is 6.91. The topological polar surface area (TPSA) is 46.9 Å². The number of hydrogen-bond acceptors (Lipinski definition) is 2. The summed E-state index contributed by atoms with van der Waals surface area (Å²) in [5.41, 5.74) is 0.685. The molecule has 1 N–H and O–H groups in total. The Labute approximate surface area is 76.9 Å². The fraction of sp³-hybridized carbons (Fsp3) is 0.556. The van der Waals surface area contributed by atoms with Crippen LogP contribution in [0.2, 0.25) is 0 Å². The molecule has 1 aromatic rings. The number of amides is 1. The fourth-order valence-electron chi connectivity index (χ4n) is 1.36. The van der Waals surface area contributed by atoms with Gasteiger partial charge in [-0.25, -0.2) is 0 Å². The van der Waals surface area contributed by atoms with Crippen molar-refractivity contribution in [2.45, 2.75) is 25.8 Å². The molecule has 4 heteroatoms. The molecule has 0 aliphatic heterocycles. The largest absolute Gasteiger partial charge is 0.351 e. The Morgan fingerprint density at radius 3 is 3.15 bits per heavy atom. The monoisotopic (exact) mass is 179 g/mol. The molecule has 0 radical (unpaired) electrons. The summed E-state index contributed by atoms with van der Waals surface area (Å²) in [6.07, 6.45) is 3.98. The first-order valence-corrected chi connectivity index (χ1v) is 4.64. The molecule has 0 aromatic carbocycles. The second-order valence-electron chi connectivity index (χ2n) is 3.25.